The molecule has 1 aromatic carbocycles. The normalized spacial score (nSPS) is 14.9. The Labute approximate surface area is 114 Å². The molecule has 20 heavy (non-hydrogen) atoms. The second kappa shape index (κ2) is 6.51. The number of carbonyl (C=O) groups is 2. The largest absolute Gasteiger partial charge is 0.485 e. The molecule has 1 aromatic rings. The molecule has 0 radical (unpaired) electrons. The van der Waals surface area contributed by atoms with E-state index in [4.69, 9.17) is 10.8 Å². The molecule has 0 aliphatic carbocycles. The molecule has 0 aromatic heterocycles. The smallest absolute Gasteiger partial charge is 0.480 e. The third-order valence-corrected chi connectivity index (χ3v) is 3.43. The van der Waals surface area contributed by atoms with Crippen LogP contribution in [-0.2, 0) is 20.5 Å². The first-order valence-corrected chi connectivity index (χ1v) is 7.02. The summed E-state index contributed by atoms with van der Waals surface area (Å²) in [5, 5.41) is 8.67. The van der Waals surface area contributed by atoms with Crippen LogP contribution in [0.25, 0.3) is 0 Å². The van der Waals surface area contributed by atoms with E-state index < -0.39 is 25.3 Å². The Balaban J connectivity index is 2.75. The number of carbonyl (C=O) groups excluding carboxylic acids is 1. The van der Waals surface area contributed by atoms with Crippen LogP contribution in [0.5, 0.6) is 5.75 Å². The number of aliphatic carboxylic acids is 1. The van der Waals surface area contributed by atoms with Crippen LogP contribution in [0.3, 0.4) is 0 Å². The van der Waals surface area contributed by atoms with Crippen LogP contribution in [-0.4, -0.2) is 34.8 Å². The standard InChI is InChI=1S/C11H14NO7P/c1-18-11(15)20(16,17)19-8-4-2-7(3-5-8)6-9(12)10(13)14/h2-5,9H,6,12H2,1H3,(H,13,14)(H,16,17)/t9-/m0/s1. The molecule has 1 rings (SSSR count). The minimum atomic E-state index is -4.54. The lowest BCUT2D eigenvalue weighted by Gasteiger charge is -2.11. The predicted molar refractivity (Wildman–Crippen MR) is 68.6 cm³/mol. The molecule has 0 fully saturated rings. The number of nitrogens with two attached hydrogens (primary N) is 1. The zero-order chi connectivity index (χ0) is 15.3. The van der Waals surface area contributed by atoms with Gasteiger partial charge in [-0.15, -0.1) is 0 Å². The summed E-state index contributed by atoms with van der Waals surface area (Å²) in [6, 6.07) is 4.58. The highest BCUT2D eigenvalue weighted by Crippen LogP contribution is 2.44. The van der Waals surface area contributed by atoms with Crippen molar-refractivity contribution in [2.45, 2.75) is 12.5 Å². The van der Waals surface area contributed by atoms with Crippen molar-refractivity contribution in [3.05, 3.63) is 29.8 Å². The van der Waals surface area contributed by atoms with E-state index in [1.54, 1.807) is 0 Å². The number of carboxylic acid groups (broad SMARTS) is 1. The van der Waals surface area contributed by atoms with Gasteiger partial charge in [-0.2, -0.15) is 0 Å². The van der Waals surface area contributed by atoms with Crippen molar-refractivity contribution in [1.29, 1.82) is 0 Å². The molecule has 0 saturated heterocycles. The molecule has 110 valence electrons. The fourth-order valence-electron chi connectivity index (χ4n) is 1.32. The van der Waals surface area contributed by atoms with Crippen molar-refractivity contribution in [2.24, 2.45) is 5.73 Å². The van der Waals surface area contributed by atoms with Gasteiger partial charge in [0.1, 0.15) is 11.8 Å². The van der Waals surface area contributed by atoms with E-state index in [1.807, 2.05) is 0 Å². The minimum absolute atomic E-state index is 0.0196. The van der Waals surface area contributed by atoms with Crippen LogP contribution < -0.4 is 10.3 Å². The number of rotatable bonds is 6. The number of methoxy groups -OCH3 is 1. The van der Waals surface area contributed by atoms with Crippen LogP contribution in [0.4, 0.5) is 4.79 Å². The molecule has 0 amide bonds. The third-order valence-electron chi connectivity index (χ3n) is 2.33. The Morgan fingerprint density at radius 1 is 1.35 bits per heavy atom. The van der Waals surface area contributed by atoms with Crippen molar-refractivity contribution in [3.63, 3.8) is 0 Å². The molecule has 9 heteroatoms. The summed E-state index contributed by atoms with van der Waals surface area (Å²) in [6.07, 6.45) is 0.101. The van der Waals surface area contributed by atoms with Crippen LogP contribution in [0.2, 0.25) is 0 Å². The Hall–Kier alpha value is -1.89. The average Bonchev–Trinajstić information content (AvgIpc) is 2.39. The van der Waals surface area contributed by atoms with Gasteiger partial charge in [0.05, 0.1) is 7.11 Å². The summed E-state index contributed by atoms with van der Waals surface area (Å²) < 4.78 is 20.2. The highest BCUT2D eigenvalue weighted by atomic mass is 31.2. The van der Waals surface area contributed by atoms with Crippen molar-refractivity contribution in [2.75, 3.05) is 7.11 Å². The second-order valence-corrected chi connectivity index (χ2v) is 5.46. The average molecular weight is 303 g/mol. The van der Waals surface area contributed by atoms with Gasteiger partial charge in [0, 0.05) is 0 Å². The molecule has 4 N–H and O–H groups in total. The zero-order valence-corrected chi connectivity index (χ0v) is 11.4. The van der Waals surface area contributed by atoms with Crippen molar-refractivity contribution in [1.82, 2.24) is 0 Å². The zero-order valence-electron chi connectivity index (χ0n) is 10.6. The van der Waals surface area contributed by atoms with Crippen LogP contribution >= 0.6 is 7.60 Å². The van der Waals surface area contributed by atoms with Gasteiger partial charge in [-0.05, 0) is 24.1 Å². The molecule has 0 bridgehead atoms. The van der Waals surface area contributed by atoms with Crippen molar-refractivity contribution < 1.29 is 33.4 Å². The van der Waals surface area contributed by atoms with E-state index in [0.29, 0.717) is 5.56 Å². The first kappa shape index (κ1) is 16.2. The summed E-state index contributed by atoms with van der Waals surface area (Å²) in [6.45, 7) is 0. The molecule has 1 unspecified atom stereocenters. The number of carboxylic acids is 1. The van der Waals surface area contributed by atoms with Gasteiger partial charge in [-0.25, -0.2) is 9.36 Å². The van der Waals surface area contributed by atoms with Gasteiger partial charge in [-0.1, -0.05) is 12.1 Å². The maximum absolute atomic E-state index is 11.4. The monoisotopic (exact) mass is 303 g/mol. The van der Waals surface area contributed by atoms with Gasteiger partial charge >= 0.3 is 19.3 Å². The van der Waals surface area contributed by atoms with Gasteiger partial charge in [-0.3, -0.25) is 4.79 Å². The Kier molecular flexibility index (Phi) is 5.26. The lowest BCUT2D eigenvalue weighted by atomic mass is 10.1. The lowest BCUT2D eigenvalue weighted by Crippen LogP contribution is -2.32. The van der Waals surface area contributed by atoms with E-state index in [2.05, 4.69) is 9.26 Å². The van der Waals surface area contributed by atoms with Crippen LogP contribution in [0.15, 0.2) is 24.3 Å². The molecule has 0 heterocycles. The van der Waals surface area contributed by atoms with Crippen molar-refractivity contribution >= 4 is 19.3 Å². The summed E-state index contributed by atoms with van der Waals surface area (Å²) in [7, 11) is -3.58. The number of hydrogen-bond acceptors (Lipinski definition) is 6. The van der Waals surface area contributed by atoms with E-state index in [0.717, 1.165) is 7.11 Å². The molecular formula is C11H14NO7P. The lowest BCUT2D eigenvalue weighted by molar-refractivity contribution is -0.138. The van der Waals surface area contributed by atoms with E-state index in [-0.39, 0.29) is 12.2 Å². The summed E-state index contributed by atoms with van der Waals surface area (Å²) in [5.74, 6) is -1.15. The SMILES string of the molecule is COC(=O)P(=O)(O)Oc1ccc(C[C@H](N)C(=O)O)cc1. The van der Waals surface area contributed by atoms with E-state index >= 15 is 0 Å². The summed E-state index contributed by atoms with van der Waals surface area (Å²) >= 11 is 0. The molecule has 0 saturated carbocycles. The Morgan fingerprint density at radius 2 is 1.90 bits per heavy atom. The quantitative estimate of drug-likeness (QED) is 0.661. The summed E-state index contributed by atoms with van der Waals surface area (Å²) in [5.41, 5.74) is 4.61. The van der Waals surface area contributed by atoms with Gasteiger partial charge < -0.3 is 25.0 Å². The predicted octanol–water partition coefficient (Wildman–Crippen LogP) is 0.972. The topological polar surface area (TPSA) is 136 Å². The molecule has 2 atom stereocenters. The van der Waals surface area contributed by atoms with Crippen LogP contribution in [0, 0.1) is 0 Å². The molecular weight excluding hydrogens is 289 g/mol. The Bertz CT molecular complexity index is 542. The minimum Gasteiger partial charge on any atom is -0.480 e. The van der Waals surface area contributed by atoms with Gasteiger partial charge in [0.25, 0.3) is 0 Å². The Morgan fingerprint density at radius 3 is 2.35 bits per heavy atom. The molecule has 8 nitrogen and oxygen atoms in total. The highest BCUT2D eigenvalue weighted by Gasteiger charge is 2.33. The fourth-order valence-corrected chi connectivity index (χ4v) is 2.04. The van der Waals surface area contributed by atoms with E-state index in [1.165, 1.54) is 24.3 Å². The highest BCUT2D eigenvalue weighted by molar-refractivity contribution is 7.70. The maximum atomic E-state index is 11.4. The molecule has 0 aliphatic heterocycles. The fraction of sp³-hybridized carbons (Fsp3) is 0.273. The second-order valence-electron chi connectivity index (χ2n) is 3.87. The van der Waals surface area contributed by atoms with Crippen LogP contribution in [0.1, 0.15) is 5.56 Å². The number of hydrogen-bond donors (Lipinski definition) is 3. The first-order valence-electron chi connectivity index (χ1n) is 5.44. The van der Waals surface area contributed by atoms with Gasteiger partial charge in [0.15, 0.2) is 0 Å². The summed E-state index contributed by atoms with van der Waals surface area (Å²) in [4.78, 5) is 30.9. The number of benzene rings is 1. The molecule has 0 spiro atoms. The van der Waals surface area contributed by atoms with Crippen molar-refractivity contribution in [3.8, 4) is 5.75 Å². The third kappa shape index (κ3) is 4.34. The van der Waals surface area contributed by atoms with E-state index in [9.17, 15) is 19.0 Å². The number of ether oxygens (including phenoxy) is 1. The first-order chi connectivity index (χ1) is 9.26. The molecule has 0 aliphatic rings. The van der Waals surface area contributed by atoms with Gasteiger partial charge in [0.2, 0.25) is 0 Å². The maximum Gasteiger partial charge on any atom is 0.485 e.